The van der Waals surface area contributed by atoms with Crippen molar-refractivity contribution in [2.45, 2.75) is 36.9 Å². The predicted molar refractivity (Wildman–Crippen MR) is 72.8 cm³/mol. The molecule has 0 N–H and O–H groups in total. The van der Waals surface area contributed by atoms with Gasteiger partial charge in [0.2, 0.25) is 5.79 Å². The largest absolute Gasteiger partial charge is 0.348 e. The number of hydrogen-bond acceptors (Lipinski definition) is 6. The van der Waals surface area contributed by atoms with Crippen molar-refractivity contribution in [3.05, 3.63) is 0 Å². The number of alkyl halides is 1. The van der Waals surface area contributed by atoms with Crippen LogP contribution in [0, 0.1) is 11.8 Å². The van der Waals surface area contributed by atoms with E-state index in [1.54, 1.807) is 0 Å². The fourth-order valence-corrected chi connectivity index (χ4v) is 4.49. The van der Waals surface area contributed by atoms with Crippen LogP contribution in [0.5, 0.6) is 0 Å². The predicted octanol–water partition coefficient (Wildman–Crippen LogP) is 1.30. The lowest BCUT2D eigenvalue weighted by Gasteiger charge is -2.44. The molecule has 0 unspecified atom stereocenters. The molecule has 3 fully saturated rings. The molecule has 2 saturated heterocycles. The van der Waals surface area contributed by atoms with Crippen LogP contribution in [0.1, 0.15) is 20.3 Å². The van der Waals surface area contributed by atoms with Gasteiger partial charge < -0.3 is 23.7 Å². The molecule has 0 aromatic heterocycles. The van der Waals surface area contributed by atoms with Crippen molar-refractivity contribution in [1.82, 2.24) is 0 Å². The molecular formula is C14H21ClO6. The van der Waals surface area contributed by atoms with E-state index in [1.807, 2.05) is 13.8 Å². The van der Waals surface area contributed by atoms with E-state index in [2.05, 4.69) is 0 Å². The molecule has 120 valence electrons. The van der Waals surface area contributed by atoms with Crippen molar-refractivity contribution in [2.75, 3.05) is 33.5 Å². The van der Waals surface area contributed by atoms with Gasteiger partial charge in [0.1, 0.15) is 12.5 Å². The highest BCUT2D eigenvalue weighted by molar-refractivity contribution is 6.36. The number of carbonyl (C=O) groups excluding carboxylic acids is 1. The highest BCUT2D eigenvalue weighted by Gasteiger charge is 2.79. The van der Waals surface area contributed by atoms with Crippen molar-refractivity contribution >= 4 is 17.4 Å². The van der Waals surface area contributed by atoms with Gasteiger partial charge in [-0.05, 0) is 20.3 Å². The summed E-state index contributed by atoms with van der Waals surface area (Å²) in [4.78, 5) is 11.3. The molecule has 2 aliphatic heterocycles. The van der Waals surface area contributed by atoms with Gasteiger partial charge in [0.05, 0.1) is 6.61 Å². The number of Topliss-reactive ketones (excluding diaryl/α,β-unsaturated/α-hetero) is 1. The second-order valence-corrected chi connectivity index (χ2v) is 6.25. The van der Waals surface area contributed by atoms with E-state index >= 15 is 0 Å². The molecule has 3 aliphatic rings. The minimum atomic E-state index is -1.34. The molecule has 2 heterocycles. The van der Waals surface area contributed by atoms with E-state index in [-0.39, 0.29) is 18.3 Å². The minimum Gasteiger partial charge on any atom is -0.348 e. The Labute approximate surface area is 128 Å². The van der Waals surface area contributed by atoms with Crippen LogP contribution in [0.4, 0.5) is 0 Å². The Kier molecular flexibility index (Phi) is 3.83. The van der Waals surface area contributed by atoms with Gasteiger partial charge in [-0.15, -0.1) is 11.6 Å². The standard InChI is InChI=1S/C14H21ClO6/c1-4-18-13(19-5-2)11-9-6-12(13,15)10(16)8-21-14(11,17-3)20-7-9/h9,11H,4-8H2,1-3H3/t9-,11+,12-,14+/m1/s1. The summed E-state index contributed by atoms with van der Waals surface area (Å²) in [5, 5.41) is 0. The van der Waals surface area contributed by atoms with Gasteiger partial charge >= 0.3 is 0 Å². The average molecular weight is 321 g/mol. The molecule has 1 saturated carbocycles. The van der Waals surface area contributed by atoms with Gasteiger partial charge in [-0.3, -0.25) is 4.79 Å². The van der Waals surface area contributed by atoms with Gasteiger partial charge in [-0.25, -0.2) is 0 Å². The van der Waals surface area contributed by atoms with Gasteiger partial charge in [-0.2, -0.15) is 0 Å². The molecule has 3 rings (SSSR count). The second-order valence-electron chi connectivity index (χ2n) is 5.61. The zero-order valence-electron chi connectivity index (χ0n) is 12.5. The smallest absolute Gasteiger partial charge is 0.291 e. The van der Waals surface area contributed by atoms with Gasteiger partial charge in [-0.1, -0.05) is 0 Å². The minimum absolute atomic E-state index is 0.00944. The lowest BCUT2D eigenvalue weighted by atomic mass is 9.90. The summed E-state index contributed by atoms with van der Waals surface area (Å²) < 4.78 is 28.8. The average Bonchev–Trinajstić information content (AvgIpc) is 2.92. The van der Waals surface area contributed by atoms with Gasteiger partial charge in [0, 0.05) is 26.2 Å². The zero-order valence-corrected chi connectivity index (χ0v) is 13.3. The highest BCUT2D eigenvalue weighted by Crippen LogP contribution is 2.63. The van der Waals surface area contributed by atoms with Crippen LogP contribution in [0.2, 0.25) is 0 Å². The summed E-state index contributed by atoms with van der Waals surface area (Å²) in [6, 6.07) is 0. The Morgan fingerprint density at radius 3 is 2.52 bits per heavy atom. The first-order valence-electron chi connectivity index (χ1n) is 7.33. The SMILES string of the molecule is CCOC1(OCC)[C@@H]2[C@H]3CO[C@]2(OC)OCC(=O)[C@]1(Cl)C3. The van der Waals surface area contributed by atoms with Crippen molar-refractivity contribution in [1.29, 1.82) is 0 Å². The van der Waals surface area contributed by atoms with E-state index in [4.69, 9.17) is 35.3 Å². The molecule has 6 nitrogen and oxygen atoms in total. The number of methoxy groups -OCH3 is 1. The maximum Gasteiger partial charge on any atom is 0.291 e. The Bertz CT molecular complexity index is 437. The van der Waals surface area contributed by atoms with Crippen molar-refractivity contribution in [3.63, 3.8) is 0 Å². The van der Waals surface area contributed by atoms with E-state index < -0.39 is 22.6 Å². The summed E-state index contributed by atoms with van der Waals surface area (Å²) in [6.45, 7) is 4.65. The number of fused-ring (bicyclic) bond motifs is 1. The molecule has 7 heteroatoms. The first-order chi connectivity index (χ1) is 9.99. The normalized spacial score (nSPS) is 44.1. The fourth-order valence-electron chi connectivity index (χ4n) is 4.01. The van der Waals surface area contributed by atoms with Crippen LogP contribution in [0.3, 0.4) is 0 Å². The molecule has 0 aromatic rings. The monoisotopic (exact) mass is 320 g/mol. The summed E-state index contributed by atoms with van der Waals surface area (Å²) in [5.41, 5.74) is 0. The van der Waals surface area contributed by atoms with Crippen LogP contribution in [-0.2, 0) is 28.5 Å². The van der Waals surface area contributed by atoms with E-state index in [1.165, 1.54) is 7.11 Å². The third kappa shape index (κ3) is 1.81. The Morgan fingerprint density at radius 1 is 1.29 bits per heavy atom. The van der Waals surface area contributed by atoms with E-state index in [0.29, 0.717) is 26.2 Å². The number of rotatable bonds is 5. The number of ketones is 1. The first kappa shape index (κ1) is 15.6. The maximum absolute atomic E-state index is 12.6. The quantitative estimate of drug-likeness (QED) is 0.562. The number of carbonyl (C=O) groups is 1. The van der Waals surface area contributed by atoms with Crippen LogP contribution in [0.15, 0.2) is 0 Å². The molecule has 4 atom stereocenters. The lowest BCUT2D eigenvalue weighted by molar-refractivity contribution is -0.402. The van der Waals surface area contributed by atoms with Crippen molar-refractivity contribution < 1.29 is 28.5 Å². The topological polar surface area (TPSA) is 63.2 Å². The van der Waals surface area contributed by atoms with Crippen LogP contribution in [-0.4, -0.2) is 56.0 Å². The van der Waals surface area contributed by atoms with Crippen LogP contribution >= 0.6 is 11.6 Å². The van der Waals surface area contributed by atoms with Gasteiger partial charge in [0.15, 0.2) is 10.7 Å². The van der Waals surface area contributed by atoms with Crippen LogP contribution in [0.25, 0.3) is 0 Å². The Morgan fingerprint density at radius 2 is 1.95 bits per heavy atom. The maximum atomic E-state index is 12.6. The molecule has 2 bridgehead atoms. The third-order valence-electron chi connectivity index (χ3n) is 4.70. The molecule has 0 aromatic carbocycles. The summed E-state index contributed by atoms with van der Waals surface area (Å²) in [7, 11) is 1.50. The van der Waals surface area contributed by atoms with Crippen LogP contribution < -0.4 is 0 Å². The van der Waals surface area contributed by atoms with E-state index in [0.717, 1.165) is 0 Å². The fraction of sp³-hybridized carbons (Fsp3) is 0.929. The second kappa shape index (κ2) is 5.15. The van der Waals surface area contributed by atoms with Gasteiger partial charge in [0.25, 0.3) is 5.97 Å². The third-order valence-corrected chi connectivity index (χ3v) is 5.33. The van der Waals surface area contributed by atoms with E-state index in [9.17, 15) is 4.79 Å². The first-order valence-corrected chi connectivity index (χ1v) is 7.70. The number of hydrogen-bond donors (Lipinski definition) is 0. The Balaban J connectivity index is 2.17. The Hall–Kier alpha value is -0.240. The zero-order chi connectivity index (χ0) is 15.3. The molecule has 1 aliphatic carbocycles. The highest BCUT2D eigenvalue weighted by atomic mass is 35.5. The number of ether oxygens (including phenoxy) is 5. The number of halogens is 1. The summed E-state index contributed by atoms with van der Waals surface area (Å²) in [5.74, 6) is -3.28. The lowest BCUT2D eigenvalue weighted by Crippen LogP contribution is -2.61. The van der Waals surface area contributed by atoms with Crippen molar-refractivity contribution in [2.24, 2.45) is 11.8 Å². The summed E-state index contributed by atoms with van der Waals surface area (Å²) in [6.07, 6.45) is 0.437. The molecular weight excluding hydrogens is 300 g/mol. The molecule has 0 spiro atoms. The molecule has 0 amide bonds. The van der Waals surface area contributed by atoms with Crippen molar-refractivity contribution in [3.8, 4) is 0 Å². The molecule has 21 heavy (non-hydrogen) atoms. The summed E-state index contributed by atoms with van der Waals surface area (Å²) >= 11 is 6.76. The molecule has 0 radical (unpaired) electrons.